The fourth-order valence-corrected chi connectivity index (χ4v) is 3.66. The highest BCUT2D eigenvalue weighted by Gasteiger charge is 2.43. The van der Waals surface area contributed by atoms with E-state index in [0.29, 0.717) is 11.1 Å². The summed E-state index contributed by atoms with van der Waals surface area (Å²) in [7, 11) is 0. The Hall–Kier alpha value is -0.0800. The molecule has 0 amide bonds. The zero-order valence-corrected chi connectivity index (χ0v) is 12.9. The van der Waals surface area contributed by atoms with E-state index in [1.54, 1.807) is 0 Å². The topological polar surface area (TPSA) is 15.3 Å². The molecular weight excluding hydrogens is 220 g/mol. The van der Waals surface area contributed by atoms with Gasteiger partial charge in [-0.1, -0.05) is 33.1 Å². The molecule has 1 heterocycles. The zero-order valence-electron chi connectivity index (χ0n) is 12.9. The molecular formula is C16H32N2. The number of hydrogen-bond donors (Lipinski definition) is 1. The molecule has 1 saturated heterocycles. The fraction of sp³-hybridized carbons (Fsp3) is 1.00. The lowest BCUT2D eigenvalue weighted by molar-refractivity contribution is -0.0270. The van der Waals surface area contributed by atoms with E-state index < -0.39 is 0 Å². The molecule has 0 aromatic carbocycles. The Kier molecular flexibility index (Phi) is 4.38. The number of rotatable bonds is 3. The van der Waals surface area contributed by atoms with Gasteiger partial charge in [0.25, 0.3) is 0 Å². The van der Waals surface area contributed by atoms with Crippen LogP contribution in [0.5, 0.6) is 0 Å². The van der Waals surface area contributed by atoms with Gasteiger partial charge in [0.05, 0.1) is 0 Å². The van der Waals surface area contributed by atoms with Crippen molar-refractivity contribution in [3.8, 4) is 0 Å². The Morgan fingerprint density at radius 3 is 2.28 bits per heavy atom. The van der Waals surface area contributed by atoms with E-state index in [9.17, 15) is 0 Å². The standard InChI is InChI=1S/C16H32N2/c1-5-15(3)13-18(14-10-8-7-9-11-14)16(4,6-2)12-17-15/h14,17H,5-13H2,1-4H3. The van der Waals surface area contributed by atoms with Crippen molar-refractivity contribution in [3.63, 3.8) is 0 Å². The molecule has 18 heavy (non-hydrogen) atoms. The Labute approximate surface area is 114 Å². The van der Waals surface area contributed by atoms with E-state index in [2.05, 4.69) is 37.9 Å². The molecule has 1 N–H and O–H groups in total. The van der Waals surface area contributed by atoms with E-state index in [4.69, 9.17) is 0 Å². The van der Waals surface area contributed by atoms with Crippen LogP contribution in [0.25, 0.3) is 0 Å². The lowest BCUT2D eigenvalue weighted by Crippen LogP contribution is -2.70. The summed E-state index contributed by atoms with van der Waals surface area (Å²) < 4.78 is 0. The number of piperazine rings is 1. The third kappa shape index (κ3) is 2.75. The summed E-state index contributed by atoms with van der Waals surface area (Å²) in [6, 6.07) is 0.844. The minimum atomic E-state index is 0.326. The third-order valence-corrected chi connectivity index (χ3v) is 5.67. The summed E-state index contributed by atoms with van der Waals surface area (Å²) in [6.07, 6.45) is 9.68. The molecule has 0 spiro atoms. The van der Waals surface area contributed by atoms with Gasteiger partial charge in [0.15, 0.2) is 0 Å². The summed E-state index contributed by atoms with van der Waals surface area (Å²) in [4.78, 5) is 2.87. The highest BCUT2D eigenvalue weighted by molar-refractivity contribution is 5.03. The van der Waals surface area contributed by atoms with E-state index in [1.807, 2.05) is 0 Å². The second-order valence-corrected chi connectivity index (χ2v) is 7.04. The lowest BCUT2D eigenvalue weighted by Gasteiger charge is -2.55. The Bertz CT molecular complexity index is 272. The van der Waals surface area contributed by atoms with Gasteiger partial charge in [-0.2, -0.15) is 0 Å². The van der Waals surface area contributed by atoms with Gasteiger partial charge < -0.3 is 5.32 Å². The summed E-state index contributed by atoms with van der Waals surface area (Å²) in [5.74, 6) is 0. The van der Waals surface area contributed by atoms with Gasteiger partial charge in [-0.05, 0) is 39.5 Å². The van der Waals surface area contributed by atoms with Crippen molar-refractivity contribution in [1.82, 2.24) is 10.2 Å². The smallest absolute Gasteiger partial charge is 0.0307 e. The summed E-state index contributed by atoms with van der Waals surface area (Å²) in [5, 5.41) is 3.81. The molecule has 1 aliphatic carbocycles. The Morgan fingerprint density at radius 2 is 1.72 bits per heavy atom. The molecule has 2 aliphatic rings. The van der Waals surface area contributed by atoms with Gasteiger partial charge in [-0.3, -0.25) is 4.90 Å². The first-order valence-electron chi connectivity index (χ1n) is 8.05. The molecule has 106 valence electrons. The molecule has 2 nitrogen and oxygen atoms in total. The molecule has 1 saturated carbocycles. The predicted molar refractivity (Wildman–Crippen MR) is 79.0 cm³/mol. The van der Waals surface area contributed by atoms with Crippen molar-refractivity contribution in [1.29, 1.82) is 0 Å². The lowest BCUT2D eigenvalue weighted by atomic mass is 9.81. The number of nitrogens with one attached hydrogen (secondary N) is 1. The maximum absolute atomic E-state index is 3.81. The van der Waals surface area contributed by atoms with Crippen molar-refractivity contribution in [3.05, 3.63) is 0 Å². The van der Waals surface area contributed by atoms with Gasteiger partial charge in [0.1, 0.15) is 0 Å². The molecule has 0 bridgehead atoms. The predicted octanol–water partition coefficient (Wildman–Crippen LogP) is 3.56. The van der Waals surface area contributed by atoms with E-state index in [-0.39, 0.29) is 0 Å². The largest absolute Gasteiger partial charge is 0.308 e. The molecule has 0 aromatic heterocycles. The van der Waals surface area contributed by atoms with Crippen LogP contribution < -0.4 is 5.32 Å². The average Bonchev–Trinajstić information content (AvgIpc) is 2.43. The van der Waals surface area contributed by atoms with Crippen molar-refractivity contribution >= 4 is 0 Å². The van der Waals surface area contributed by atoms with Crippen molar-refractivity contribution < 1.29 is 0 Å². The van der Waals surface area contributed by atoms with E-state index in [1.165, 1.54) is 51.5 Å². The first-order valence-corrected chi connectivity index (χ1v) is 8.05. The molecule has 0 aromatic rings. The minimum absolute atomic E-state index is 0.326. The van der Waals surface area contributed by atoms with Gasteiger partial charge in [-0.25, -0.2) is 0 Å². The quantitative estimate of drug-likeness (QED) is 0.826. The van der Waals surface area contributed by atoms with Crippen LogP contribution in [0.15, 0.2) is 0 Å². The van der Waals surface area contributed by atoms with Gasteiger partial charge in [0.2, 0.25) is 0 Å². The Balaban J connectivity index is 2.14. The fourth-order valence-electron chi connectivity index (χ4n) is 3.66. The normalized spacial score (nSPS) is 40.0. The summed E-state index contributed by atoms with van der Waals surface area (Å²) in [6.45, 7) is 11.9. The second-order valence-electron chi connectivity index (χ2n) is 7.04. The minimum Gasteiger partial charge on any atom is -0.308 e. The molecule has 2 heteroatoms. The van der Waals surface area contributed by atoms with Crippen LogP contribution in [0, 0.1) is 0 Å². The second kappa shape index (κ2) is 5.50. The molecule has 2 unspecified atom stereocenters. The first-order chi connectivity index (χ1) is 8.53. The van der Waals surface area contributed by atoms with Crippen LogP contribution in [-0.4, -0.2) is 35.1 Å². The first kappa shape index (κ1) is 14.3. The van der Waals surface area contributed by atoms with Crippen molar-refractivity contribution in [2.24, 2.45) is 0 Å². The number of hydrogen-bond acceptors (Lipinski definition) is 2. The molecule has 2 rings (SSSR count). The molecule has 2 atom stereocenters. The summed E-state index contributed by atoms with van der Waals surface area (Å²) >= 11 is 0. The van der Waals surface area contributed by atoms with E-state index in [0.717, 1.165) is 12.6 Å². The van der Waals surface area contributed by atoms with Crippen LogP contribution >= 0.6 is 0 Å². The zero-order chi connectivity index (χ0) is 13.2. The van der Waals surface area contributed by atoms with Gasteiger partial charge >= 0.3 is 0 Å². The van der Waals surface area contributed by atoms with Crippen LogP contribution in [0.1, 0.15) is 72.6 Å². The third-order valence-electron chi connectivity index (χ3n) is 5.67. The molecule has 0 radical (unpaired) electrons. The van der Waals surface area contributed by atoms with E-state index >= 15 is 0 Å². The van der Waals surface area contributed by atoms with Gasteiger partial charge in [-0.15, -0.1) is 0 Å². The van der Waals surface area contributed by atoms with Crippen LogP contribution in [-0.2, 0) is 0 Å². The molecule has 2 fully saturated rings. The Morgan fingerprint density at radius 1 is 1.06 bits per heavy atom. The van der Waals surface area contributed by atoms with Crippen molar-refractivity contribution in [2.75, 3.05) is 13.1 Å². The van der Waals surface area contributed by atoms with Crippen LogP contribution in [0.4, 0.5) is 0 Å². The molecule has 1 aliphatic heterocycles. The monoisotopic (exact) mass is 252 g/mol. The van der Waals surface area contributed by atoms with Crippen LogP contribution in [0.3, 0.4) is 0 Å². The highest BCUT2D eigenvalue weighted by Crippen LogP contribution is 2.34. The maximum Gasteiger partial charge on any atom is 0.0307 e. The number of nitrogens with zero attached hydrogens (tertiary/aromatic N) is 1. The van der Waals surface area contributed by atoms with Crippen molar-refractivity contribution in [2.45, 2.75) is 89.8 Å². The highest BCUT2D eigenvalue weighted by atomic mass is 15.3. The van der Waals surface area contributed by atoms with Gasteiger partial charge in [0, 0.05) is 30.2 Å². The maximum atomic E-state index is 3.81. The SMILES string of the molecule is CCC1(C)CN(C2CCCCC2)C(C)(CC)CN1. The summed E-state index contributed by atoms with van der Waals surface area (Å²) in [5.41, 5.74) is 0.697. The average molecular weight is 252 g/mol. The van der Waals surface area contributed by atoms with Crippen LogP contribution in [0.2, 0.25) is 0 Å².